The summed E-state index contributed by atoms with van der Waals surface area (Å²) in [4.78, 5) is 27.7. The number of nitrogens with one attached hydrogen (secondary N) is 1. The highest BCUT2D eigenvalue weighted by Gasteiger charge is 2.35. The first kappa shape index (κ1) is 24.1. The second-order valence-corrected chi connectivity index (χ2v) is 8.22. The van der Waals surface area contributed by atoms with Crippen LogP contribution >= 0.6 is 0 Å². The average Bonchev–Trinajstić information content (AvgIpc) is 3.54. The number of nitrogens with zero attached hydrogens (tertiary/aromatic N) is 5. The molecule has 0 bridgehead atoms. The number of carboxylic acids is 1. The van der Waals surface area contributed by atoms with E-state index in [9.17, 15) is 14.0 Å². The van der Waals surface area contributed by atoms with Gasteiger partial charge in [-0.1, -0.05) is 12.1 Å². The largest absolute Gasteiger partial charge is 0.507 e. The molecular weight excluding hydrogens is 431 g/mol. The van der Waals surface area contributed by atoms with Crippen molar-refractivity contribution in [3.63, 3.8) is 0 Å². The van der Waals surface area contributed by atoms with Gasteiger partial charge in [-0.2, -0.15) is 10.4 Å². The number of aromatic hydroxyl groups is 1. The number of aromatic carboxylic acids is 1. The number of halogens is 1. The zero-order valence-corrected chi connectivity index (χ0v) is 18.0. The first-order valence-electron chi connectivity index (χ1n) is 10.8. The second-order valence-electron chi connectivity index (χ2n) is 8.22. The van der Waals surface area contributed by atoms with Crippen LogP contribution in [0.3, 0.4) is 0 Å². The van der Waals surface area contributed by atoms with Gasteiger partial charge in [-0.3, -0.25) is 9.48 Å². The third-order valence-electron chi connectivity index (χ3n) is 5.85. The standard InChI is InChI=1S/C15H21FN6O.C7H6O3/c16-12-4-14(5-17)22(8-12)15(23)6-19-13-2-1-11(3-13)7-21-10-18-9-20-21;8-6-4-2-1-3-5(6)7(9)10/h9-14,19H,1-4,6-8H2;1-4,8H,(H,9,10)/t11-,12-,13+,14-;/m0./s1. The van der Waals surface area contributed by atoms with Crippen LogP contribution in [0.15, 0.2) is 36.9 Å². The maximum Gasteiger partial charge on any atom is 0.339 e. The number of rotatable bonds is 6. The third-order valence-corrected chi connectivity index (χ3v) is 5.85. The predicted molar refractivity (Wildman–Crippen MR) is 115 cm³/mol. The molecule has 11 heteroatoms. The first-order chi connectivity index (χ1) is 15.9. The van der Waals surface area contributed by atoms with Crippen molar-refractivity contribution in [1.29, 1.82) is 5.26 Å². The van der Waals surface area contributed by atoms with Crippen molar-refractivity contribution in [1.82, 2.24) is 25.0 Å². The molecule has 4 atom stereocenters. The van der Waals surface area contributed by atoms with Crippen LogP contribution in [0, 0.1) is 17.2 Å². The SMILES string of the molecule is N#C[C@@H]1C[C@H](F)CN1C(=O)CN[C@@H]1CC[C@H](Cn2cncn2)C1.O=C(O)c1ccccc1O. The summed E-state index contributed by atoms with van der Waals surface area (Å²) in [6.07, 6.45) is 5.38. The van der Waals surface area contributed by atoms with E-state index in [-0.39, 0.29) is 42.8 Å². The van der Waals surface area contributed by atoms with E-state index in [0.717, 1.165) is 25.8 Å². The van der Waals surface area contributed by atoms with Gasteiger partial charge in [-0.15, -0.1) is 0 Å². The van der Waals surface area contributed by atoms with Gasteiger partial charge < -0.3 is 20.4 Å². The Kier molecular flexibility index (Phi) is 8.32. The zero-order valence-electron chi connectivity index (χ0n) is 18.0. The van der Waals surface area contributed by atoms with E-state index >= 15 is 0 Å². The number of hydrogen-bond acceptors (Lipinski definition) is 7. The lowest BCUT2D eigenvalue weighted by Crippen LogP contribution is -2.43. The Morgan fingerprint density at radius 2 is 2.06 bits per heavy atom. The summed E-state index contributed by atoms with van der Waals surface area (Å²) in [5.74, 6) is -0.970. The number of hydrogen-bond donors (Lipinski definition) is 3. The molecule has 2 heterocycles. The molecule has 176 valence electrons. The fraction of sp³-hybridized carbons (Fsp3) is 0.500. The van der Waals surface area contributed by atoms with Crippen LogP contribution in [0.4, 0.5) is 4.39 Å². The van der Waals surface area contributed by atoms with Gasteiger partial charge >= 0.3 is 5.97 Å². The topological polar surface area (TPSA) is 144 Å². The number of para-hydroxylation sites is 1. The Bertz CT molecular complexity index is 980. The fourth-order valence-electron chi connectivity index (χ4n) is 4.19. The molecule has 3 N–H and O–H groups in total. The Morgan fingerprint density at radius 3 is 2.70 bits per heavy atom. The summed E-state index contributed by atoms with van der Waals surface area (Å²) < 4.78 is 15.2. The number of likely N-dealkylation sites (tertiary alicyclic amines) is 1. The number of amides is 1. The lowest BCUT2D eigenvalue weighted by molar-refractivity contribution is -0.130. The van der Waals surface area contributed by atoms with Crippen LogP contribution in [-0.4, -0.2) is 73.1 Å². The van der Waals surface area contributed by atoms with E-state index in [1.54, 1.807) is 18.5 Å². The van der Waals surface area contributed by atoms with E-state index in [2.05, 4.69) is 15.4 Å². The molecule has 1 aromatic carbocycles. The van der Waals surface area contributed by atoms with Crippen molar-refractivity contribution in [3.8, 4) is 11.8 Å². The molecule has 2 fully saturated rings. The fourth-order valence-corrected chi connectivity index (χ4v) is 4.19. The predicted octanol–water partition coefficient (Wildman–Crippen LogP) is 1.59. The molecule has 2 aliphatic rings. The highest BCUT2D eigenvalue weighted by molar-refractivity contribution is 5.90. The Hall–Kier alpha value is -3.52. The third kappa shape index (κ3) is 6.73. The molecule has 4 rings (SSSR count). The van der Waals surface area contributed by atoms with Gasteiger partial charge in [-0.25, -0.2) is 14.2 Å². The molecule has 0 unspecified atom stereocenters. The summed E-state index contributed by atoms with van der Waals surface area (Å²) in [6.45, 7) is 1.06. The quantitative estimate of drug-likeness (QED) is 0.592. The molecular formula is C22H27FN6O4. The van der Waals surface area contributed by atoms with Crippen LogP contribution in [0.25, 0.3) is 0 Å². The van der Waals surface area contributed by atoms with Gasteiger partial charge in [0.25, 0.3) is 0 Å². The van der Waals surface area contributed by atoms with Crippen molar-refractivity contribution >= 4 is 11.9 Å². The summed E-state index contributed by atoms with van der Waals surface area (Å²) in [6, 6.07) is 7.48. The highest BCUT2D eigenvalue weighted by Crippen LogP contribution is 2.27. The molecule has 2 aromatic rings. The Labute approximate surface area is 190 Å². The van der Waals surface area contributed by atoms with Crippen molar-refractivity contribution in [3.05, 3.63) is 42.5 Å². The minimum atomic E-state index is -1.11. The number of aromatic nitrogens is 3. The number of benzene rings is 1. The molecule has 1 amide bonds. The Morgan fingerprint density at radius 1 is 1.27 bits per heavy atom. The normalized spacial score (nSPS) is 24.1. The van der Waals surface area contributed by atoms with Crippen molar-refractivity contribution in [2.75, 3.05) is 13.1 Å². The van der Waals surface area contributed by atoms with E-state index in [1.807, 2.05) is 10.8 Å². The summed E-state index contributed by atoms with van der Waals surface area (Å²) in [7, 11) is 0. The van der Waals surface area contributed by atoms with E-state index in [4.69, 9.17) is 15.5 Å². The Balaban J connectivity index is 0.000000257. The van der Waals surface area contributed by atoms with Gasteiger partial charge in [0.15, 0.2) is 0 Å². The molecule has 0 radical (unpaired) electrons. The van der Waals surface area contributed by atoms with Crippen molar-refractivity contribution in [2.24, 2.45) is 5.92 Å². The van der Waals surface area contributed by atoms with Crippen molar-refractivity contribution in [2.45, 2.75) is 50.5 Å². The van der Waals surface area contributed by atoms with Crippen LogP contribution in [-0.2, 0) is 11.3 Å². The molecule has 1 aliphatic carbocycles. The van der Waals surface area contributed by atoms with Gasteiger partial charge in [0.1, 0.15) is 36.2 Å². The molecule has 1 saturated carbocycles. The average molecular weight is 458 g/mol. The highest BCUT2D eigenvalue weighted by atomic mass is 19.1. The summed E-state index contributed by atoms with van der Waals surface area (Å²) in [5, 5.41) is 33.7. The lowest BCUT2D eigenvalue weighted by Gasteiger charge is -2.21. The number of carboxylic acid groups (broad SMARTS) is 1. The van der Waals surface area contributed by atoms with Gasteiger partial charge in [-0.05, 0) is 37.3 Å². The van der Waals surface area contributed by atoms with E-state index < -0.39 is 18.2 Å². The molecule has 0 spiro atoms. The van der Waals surface area contributed by atoms with Gasteiger partial charge in [0, 0.05) is 19.0 Å². The first-order valence-corrected chi connectivity index (χ1v) is 10.8. The summed E-state index contributed by atoms with van der Waals surface area (Å²) in [5.41, 5.74) is -0.0671. The minimum absolute atomic E-state index is 0.0400. The summed E-state index contributed by atoms with van der Waals surface area (Å²) >= 11 is 0. The maximum atomic E-state index is 13.4. The van der Waals surface area contributed by atoms with Crippen LogP contribution < -0.4 is 5.32 Å². The zero-order chi connectivity index (χ0) is 23.8. The number of carbonyl (C=O) groups excluding carboxylic acids is 1. The van der Waals surface area contributed by atoms with Gasteiger partial charge in [0.2, 0.25) is 5.91 Å². The number of phenols is 1. The molecule has 10 nitrogen and oxygen atoms in total. The molecule has 1 aromatic heterocycles. The number of alkyl halides is 1. The molecule has 1 aliphatic heterocycles. The van der Waals surface area contributed by atoms with Gasteiger partial charge in [0.05, 0.1) is 19.2 Å². The number of nitriles is 1. The maximum absolute atomic E-state index is 13.4. The van der Waals surface area contributed by atoms with E-state index in [1.165, 1.54) is 23.4 Å². The molecule has 33 heavy (non-hydrogen) atoms. The monoisotopic (exact) mass is 458 g/mol. The van der Waals surface area contributed by atoms with Crippen molar-refractivity contribution < 1.29 is 24.2 Å². The second kappa shape index (κ2) is 11.4. The lowest BCUT2D eigenvalue weighted by atomic mass is 10.1. The smallest absolute Gasteiger partial charge is 0.339 e. The van der Waals surface area contributed by atoms with Crippen LogP contribution in [0.2, 0.25) is 0 Å². The van der Waals surface area contributed by atoms with Crippen LogP contribution in [0.5, 0.6) is 5.75 Å². The van der Waals surface area contributed by atoms with Crippen LogP contribution in [0.1, 0.15) is 36.0 Å². The number of carbonyl (C=O) groups is 2. The van der Waals surface area contributed by atoms with E-state index in [0.29, 0.717) is 5.92 Å². The minimum Gasteiger partial charge on any atom is -0.507 e. The molecule has 1 saturated heterocycles.